The van der Waals surface area contributed by atoms with Gasteiger partial charge in [-0.3, -0.25) is 4.79 Å². The molecule has 1 saturated heterocycles. The largest absolute Gasteiger partial charge is 0.370 e. The lowest BCUT2D eigenvalue weighted by atomic mass is 10.2. The Labute approximate surface area is 132 Å². The van der Waals surface area contributed by atoms with Crippen molar-refractivity contribution in [1.82, 2.24) is 4.90 Å². The van der Waals surface area contributed by atoms with Crippen molar-refractivity contribution in [2.45, 2.75) is 19.1 Å². The maximum atomic E-state index is 12.4. The molecule has 0 saturated carbocycles. The maximum Gasteiger partial charge on any atom is 0.264 e. The lowest BCUT2D eigenvalue weighted by Gasteiger charge is -2.35. The van der Waals surface area contributed by atoms with E-state index in [4.69, 9.17) is 16.3 Å². The molecular formula is C11H12Br2ClNO2S. The van der Waals surface area contributed by atoms with Gasteiger partial charge in [0.25, 0.3) is 5.91 Å². The van der Waals surface area contributed by atoms with Gasteiger partial charge in [-0.1, -0.05) is 0 Å². The normalized spacial score (nSPS) is 24.3. The van der Waals surface area contributed by atoms with Gasteiger partial charge < -0.3 is 9.64 Å². The topological polar surface area (TPSA) is 29.5 Å². The third kappa shape index (κ3) is 3.28. The van der Waals surface area contributed by atoms with Gasteiger partial charge in [0.1, 0.15) is 0 Å². The van der Waals surface area contributed by atoms with Crippen molar-refractivity contribution >= 4 is 60.7 Å². The highest BCUT2D eigenvalue weighted by Crippen LogP contribution is 2.33. The van der Waals surface area contributed by atoms with E-state index in [0.717, 1.165) is 13.1 Å². The van der Waals surface area contributed by atoms with Crippen LogP contribution in [0.1, 0.15) is 16.6 Å². The van der Waals surface area contributed by atoms with E-state index in [1.54, 1.807) is 0 Å². The Morgan fingerprint density at radius 3 is 2.89 bits per heavy atom. The fourth-order valence-corrected chi connectivity index (χ4v) is 4.08. The van der Waals surface area contributed by atoms with Crippen LogP contribution in [0.25, 0.3) is 0 Å². The van der Waals surface area contributed by atoms with Gasteiger partial charge in [-0.25, -0.2) is 0 Å². The van der Waals surface area contributed by atoms with Crippen LogP contribution in [0.4, 0.5) is 0 Å². The number of hydrogen-bond acceptors (Lipinski definition) is 3. The van der Waals surface area contributed by atoms with E-state index in [9.17, 15) is 4.79 Å². The Hall–Kier alpha value is 0.380. The second-order valence-electron chi connectivity index (χ2n) is 4.17. The molecule has 2 heterocycles. The summed E-state index contributed by atoms with van der Waals surface area (Å²) in [6.45, 7) is 3.12. The van der Waals surface area contributed by atoms with E-state index in [0.29, 0.717) is 19.0 Å². The first-order chi connectivity index (χ1) is 8.51. The number of carbonyl (C=O) groups excluding carboxylic acids is 1. The molecule has 0 spiro atoms. The molecule has 0 aromatic carbocycles. The Morgan fingerprint density at radius 1 is 1.61 bits per heavy atom. The highest BCUT2D eigenvalue weighted by molar-refractivity contribution is 9.13. The van der Waals surface area contributed by atoms with Gasteiger partial charge in [0.2, 0.25) is 0 Å². The smallest absolute Gasteiger partial charge is 0.264 e. The van der Waals surface area contributed by atoms with Crippen LogP contribution in [0.3, 0.4) is 0 Å². The Kier molecular flexibility index (Phi) is 5.11. The lowest BCUT2D eigenvalue weighted by molar-refractivity contribution is -0.0569. The number of nitrogens with zero attached hydrogens (tertiary/aromatic N) is 1. The summed E-state index contributed by atoms with van der Waals surface area (Å²) in [5, 5.41) is 0. The van der Waals surface area contributed by atoms with Crippen molar-refractivity contribution in [3.8, 4) is 0 Å². The van der Waals surface area contributed by atoms with E-state index in [2.05, 4.69) is 31.9 Å². The molecule has 3 nitrogen and oxygen atoms in total. The molecule has 2 atom stereocenters. The monoisotopic (exact) mass is 415 g/mol. The molecule has 1 fully saturated rings. The summed E-state index contributed by atoms with van der Waals surface area (Å²) in [7, 11) is 0. The van der Waals surface area contributed by atoms with Gasteiger partial charge in [0.15, 0.2) is 0 Å². The molecule has 1 aromatic rings. The molecular weight excluding hydrogens is 405 g/mol. The van der Waals surface area contributed by atoms with Crippen LogP contribution in [0.15, 0.2) is 14.3 Å². The van der Waals surface area contributed by atoms with Gasteiger partial charge >= 0.3 is 0 Å². The van der Waals surface area contributed by atoms with Crippen molar-refractivity contribution in [3.05, 3.63) is 19.2 Å². The van der Waals surface area contributed by atoms with Crippen LogP contribution in [0.2, 0.25) is 0 Å². The SMILES string of the molecule is CC1CN(C(=O)c2cc(Br)c(Br)s2)CC(CCl)O1. The average Bonchev–Trinajstić information content (AvgIpc) is 2.68. The zero-order valence-electron chi connectivity index (χ0n) is 9.66. The lowest BCUT2D eigenvalue weighted by Crippen LogP contribution is -2.49. The van der Waals surface area contributed by atoms with Crippen LogP contribution >= 0.6 is 54.8 Å². The summed E-state index contributed by atoms with van der Waals surface area (Å²) in [6.07, 6.45) is -0.0514. The number of ether oxygens (including phenoxy) is 1. The highest BCUT2D eigenvalue weighted by Gasteiger charge is 2.29. The first-order valence-electron chi connectivity index (χ1n) is 5.46. The Bertz CT molecular complexity index is 435. The molecule has 0 bridgehead atoms. The van der Waals surface area contributed by atoms with E-state index >= 15 is 0 Å². The van der Waals surface area contributed by atoms with E-state index in [1.165, 1.54) is 11.3 Å². The number of morpholine rings is 1. The third-order valence-electron chi connectivity index (χ3n) is 2.64. The van der Waals surface area contributed by atoms with Crippen LogP contribution in [-0.4, -0.2) is 42.0 Å². The molecule has 1 aromatic heterocycles. The van der Waals surface area contributed by atoms with E-state index in [-0.39, 0.29) is 18.1 Å². The number of hydrogen-bond donors (Lipinski definition) is 0. The fraction of sp³-hybridized carbons (Fsp3) is 0.545. The molecule has 2 rings (SSSR count). The van der Waals surface area contributed by atoms with E-state index < -0.39 is 0 Å². The Balaban J connectivity index is 2.13. The van der Waals surface area contributed by atoms with Crippen LogP contribution in [-0.2, 0) is 4.74 Å². The molecule has 1 aliphatic rings. The molecule has 0 radical (unpaired) electrons. The predicted molar refractivity (Wildman–Crippen MR) is 80.7 cm³/mol. The summed E-state index contributed by atoms with van der Waals surface area (Å²) in [6, 6.07) is 1.84. The third-order valence-corrected chi connectivity index (χ3v) is 6.23. The van der Waals surface area contributed by atoms with Crippen LogP contribution in [0.5, 0.6) is 0 Å². The summed E-state index contributed by atoms with van der Waals surface area (Å²) in [5.74, 6) is 0.447. The van der Waals surface area contributed by atoms with E-state index in [1.807, 2.05) is 17.9 Å². The van der Waals surface area contributed by atoms with Crippen molar-refractivity contribution < 1.29 is 9.53 Å². The summed E-state index contributed by atoms with van der Waals surface area (Å²) >= 11 is 14.0. The molecule has 0 N–H and O–H groups in total. The summed E-state index contributed by atoms with van der Waals surface area (Å²) in [5.41, 5.74) is 0. The van der Waals surface area contributed by atoms with Crippen molar-refractivity contribution in [3.63, 3.8) is 0 Å². The second kappa shape index (κ2) is 6.22. The minimum atomic E-state index is -0.0776. The molecule has 0 aliphatic carbocycles. The molecule has 7 heteroatoms. The predicted octanol–water partition coefficient (Wildman–Crippen LogP) is 3.74. The highest BCUT2D eigenvalue weighted by atomic mass is 79.9. The van der Waals surface area contributed by atoms with Crippen LogP contribution < -0.4 is 0 Å². The Morgan fingerprint density at radius 2 is 2.33 bits per heavy atom. The summed E-state index contributed by atoms with van der Waals surface area (Å²) < 4.78 is 7.48. The molecule has 1 amide bonds. The zero-order chi connectivity index (χ0) is 13.3. The first kappa shape index (κ1) is 14.8. The number of carbonyl (C=O) groups is 1. The number of amides is 1. The summed E-state index contributed by atoms with van der Waals surface area (Å²) in [4.78, 5) is 14.9. The number of halogens is 3. The minimum Gasteiger partial charge on any atom is -0.370 e. The van der Waals surface area contributed by atoms with Gasteiger partial charge in [-0.15, -0.1) is 22.9 Å². The molecule has 2 unspecified atom stereocenters. The van der Waals surface area contributed by atoms with Gasteiger partial charge in [-0.05, 0) is 44.8 Å². The molecule has 100 valence electrons. The minimum absolute atomic E-state index is 0.0262. The van der Waals surface area contributed by atoms with Gasteiger partial charge in [-0.2, -0.15) is 0 Å². The molecule has 1 aliphatic heterocycles. The number of rotatable bonds is 2. The number of thiophene rings is 1. The van der Waals surface area contributed by atoms with Gasteiger partial charge in [0.05, 0.1) is 26.8 Å². The first-order valence-corrected chi connectivity index (χ1v) is 8.40. The zero-order valence-corrected chi connectivity index (χ0v) is 14.4. The number of alkyl halides is 1. The van der Waals surface area contributed by atoms with Crippen molar-refractivity contribution in [2.24, 2.45) is 0 Å². The quantitative estimate of drug-likeness (QED) is 0.686. The average molecular weight is 418 g/mol. The standard InChI is InChI=1S/C11H12Br2ClNO2S/c1-6-4-15(5-7(3-14)17-6)11(16)9-2-8(12)10(13)18-9/h2,6-7H,3-5H2,1H3. The van der Waals surface area contributed by atoms with Crippen molar-refractivity contribution in [2.75, 3.05) is 19.0 Å². The fourth-order valence-electron chi connectivity index (χ4n) is 1.90. The van der Waals surface area contributed by atoms with Crippen LogP contribution in [0, 0.1) is 0 Å². The second-order valence-corrected chi connectivity index (χ2v) is 7.70. The molecule has 18 heavy (non-hydrogen) atoms. The van der Waals surface area contributed by atoms with Gasteiger partial charge in [0, 0.05) is 17.6 Å². The maximum absolute atomic E-state index is 12.4. The van der Waals surface area contributed by atoms with Crippen molar-refractivity contribution in [1.29, 1.82) is 0 Å².